The molecule has 0 radical (unpaired) electrons. The van der Waals surface area contributed by atoms with Gasteiger partial charge in [-0.25, -0.2) is 19.2 Å². The Kier molecular flexibility index (Phi) is 7.67. The third kappa shape index (κ3) is 5.31. The maximum atomic E-state index is 16.3. The number of hydrogen-bond donors (Lipinski definition) is 2. The number of nitrogens with one attached hydrogen (secondary N) is 2. The third-order valence-corrected chi connectivity index (χ3v) is 10.9. The van der Waals surface area contributed by atoms with Crippen LogP contribution in [0.5, 0.6) is 5.75 Å². The van der Waals surface area contributed by atoms with E-state index in [0.29, 0.717) is 58.0 Å². The Bertz CT molecular complexity index is 2070. The van der Waals surface area contributed by atoms with Crippen LogP contribution in [0, 0.1) is 11.7 Å². The van der Waals surface area contributed by atoms with Crippen molar-refractivity contribution in [3.63, 3.8) is 0 Å². The maximum Gasteiger partial charge on any atom is 0.407 e. The average molecular weight is 689 g/mol. The lowest BCUT2D eigenvalue weighted by atomic mass is 10.0. The summed E-state index contributed by atoms with van der Waals surface area (Å²) in [6.45, 7) is 4.29. The number of carbonyl (C=O) groups is 2. The van der Waals surface area contributed by atoms with Crippen molar-refractivity contribution < 1.29 is 23.5 Å². The molecule has 10 nitrogen and oxygen atoms in total. The van der Waals surface area contributed by atoms with E-state index in [4.69, 9.17) is 26.1 Å². The van der Waals surface area contributed by atoms with E-state index < -0.39 is 24.2 Å². The number of H-pyrrole nitrogens is 1. The molecule has 5 heterocycles. The number of likely N-dealkylation sites (tertiary alicyclic amines) is 1. The minimum absolute atomic E-state index is 0.145. The Balaban J connectivity index is 1.14. The Hall–Kier alpha value is -4.42. The van der Waals surface area contributed by atoms with Gasteiger partial charge < -0.3 is 24.7 Å². The average Bonchev–Trinajstić information content (AvgIpc) is 3.47. The van der Waals surface area contributed by atoms with Crippen molar-refractivity contribution in [2.45, 2.75) is 63.8 Å². The van der Waals surface area contributed by atoms with E-state index >= 15 is 4.39 Å². The number of hydrogen-bond acceptors (Lipinski definition) is 7. The van der Waals surface area contributed by atoms with Crippen molar-refractivity contribution in [2.75, 3.05) is 13.7 Å². The lowest BCUT2D eigenvalue weighted by Gasteiger charge is -2.30. The molecule has 3 aromatic heterocycles. The van der Waals surface area contributed by atoms with Gasteiger partial charge in [0.25, 0.3) is 0 Å². The van der Waals surface area contributed by atoms with Crippen molar-refractivity contribution in [3.8, 4) is 28.3 Å². The maximum absolute atomic E-state index is 16.3. The van der Waals surface area contributed by atoms with E-state index in [0.717, 1.165) is 40.1 Å². The summed E-state index contributed by atoms with van der Waals surface area (Å²) in [5, 5.41) is 5.27. The number of ether oxygens (including phenoxy) is 2. The van der Waals surface area contributed by atoms with Gasteiger partial charge >= 0.3 is 6.09 Å². The summed E-state index contributed by atoms with van der Waals surface area (Å²) in [5.74, 6) is 0.752. The second-order valence-corrected chi connectivity index (χ2v) is 14.5. The molecule has 3 atom stereocenters. The minimum Gasteiger partial charge on any atom is -0.464 e. The number of fused-ring (bicyclic) bond motifs is 5. The first-order valence-electron chi connectivity index (χ1n) is 16.2. The number of methoxy groups -OCH3 is 1. The van der Waals surface area contributed by atoms with Gasteiger partial charge in [-0.05, 0) is 68.0 Å². The van der Waals surface area contributed by atoms with Crippen molar-refractivity contribution >= 4 is 45.8 Å². The number of imidazole rings is 1. The molecule has 2 aromatic carbocycles. The van der Waals surface area contributed by atoms with Crippen LogP contribution in [0.3, 0.4) is 0 Å². The molecule has 0 bridgehead atoms. The fourth-order valence-electron chi connectivity index (χ4n) is 6.87. The van der Waals surface area contributed by atoms with E-state index in [-0.39, 0.29) is 17.9 Å². The molecule has 48 heavy (non-hydrogen) atoms. The van der Waals surface area contributed by atoms with Crippen LogP contribution in [0.1, 0.15) is 73.4 Å². The number of carbonyl (C=O) groups excluding carboxylic acids is 2. The van der Waals surface area contributed by atoms with E-state index in [2.05, 4.69) is 15.3 Å². The van der Waals surface area contributed by atoms with Crippen LogP contribution in [-0.2, 0) is 9.53 Å². The summed E-state index contributed by atoms with van der Waals surface area (Å²) in [5.41, 5.74) is 3.15. The number of alkyl carbamates (subject to hydrolysis) is 1. The van der Waals surface area contributed by atoms with Crippen LogP contribution >= 0.6 is 22.9 Å². The van der Waals surface area contributed by atoms with Gasteiger partial charge in [0.15, 0.2) is 0 Å². The highest BCUT2D eigenvalue weighted by Crippen LogP contribution is 2.49. The monoisotopic (exact) mass is 688 g/mol. The predicted octanol–water partition coefficient (Wildman–Crippen LogP) is 7.81. The summed E-state index contributed by atoms with van der Waals surface area (Å²) in [6.07, 6.45) is 6.14. The summed E-state index contributed by atoms with van der Waals surface area (Å²) in [6, 6.07) is 9.88. The molecule has 0 spiro atoms. The Morgan fingerprint density at radius 2 is 1.98 bits per heavy atom. The molecule has 5 aromatic rings. The van der Waals surface area contributed by atoms with Crippen LogP contribution in [0.4, 0.5) is 9.18 Å². The Labute approximate surface area is 285 Å². The zero-order chi connectivity index (χ0) is 33.3. The first-order chi connectivity index (χ1) is 23.2. The molecule has 3 aliphatic rings. The topological polar surface area (TPSA) is 114 Å². The smallest absolute Gasteiger partial charge is 0.407 e. The first kappa shape index (κ1) is 30.9. The molecule has 1 saturated heterocycles. The quantitative estimate of drug-likeness (QED) is 0.180. The molecule has 13 heteroatoms. The SMILES string of the molecule is COC(=O)N[C@H](C(=O)N1CCC[C@H]1c1ncc(-c2cc(F)c3c(c2)OC(c2cnc(C4CC4)s2)n2c-3cc3cc(Cl)ccc32)[nH]1)C(C)C. The molecule has 8 rings (SSSR count). The van der Waals surface area contributed by atoms with Gasteiger partial charge in [-0.15, -0.1) is 11.3 Å². The Morgan fingerprint density at radius 3 is 2.75 bits per heavy atom. The van der Waals surface area contributed by atoms with Gasteiger partial charge in [-0.3, -0.25) is 9.36 Å². The number of aromatic amines is 1. The molecule has 1 aliphatic carbocycles. The molecule has 2 N–H and O–H groups in total. The molecular weight excluding hydrogens is 655 g/mol. The molecule has 248 valence electrons. The van der Waals surface area contributed by atoms with Crippen molar-refractivity contribution in [3.05, 3.63) is 75.3 Å². The molecule has 2 aliphatic heterocycles. The van der Waals surface area contributed by atoms with E-state index in [9.17, 15) is 9.59 Å². The lowest BCUT2D eigenvalue weighted by molar-refractivity contribution is -0.135. The summed E-state index contributed by atoms with van der Waals surface area (Å²) in [7, 11) is 1.27. The largest absolute Gasteiger partial charge is 0.464 e. The molecule has 1 saturated carbocycles. The van der Waals surface area contributed by atoms with E-state index in [1.165, 1.54) is 13.2 Å². The van der Waals surface area contributed by atoms with Gasteiger partial charge in [-0.1, -0.05) is 25.4 Å². The van der Waals surface area contributed by atoms with Crippen LogP contribution in [0.15, 0.2) is 48.8 Å². The number of aromatic nitrogens is 4. The Morgan fingerprint density at radius 1 is 1.15 bits per heavy atom. The molecule has 2 amide bonds. The highest BCUT2D eigenvalue weighted by molar-refractivity contribution is 7.11. The molecule has 1 unspecified atom stereocenters. The van der Waals surface area contributed by atoms with Gasteiger partial charge in [0.2, 0.25) is 12.1 Å². The van der Waals surface area contributed by atoms with E-state index in [1.807, 2.05) is 54.9 Å². The zero-order valence-corrected chi connectivity index (χ0v) is 28.2. The summed E-state index contributed by atoms with van der Waals surface area (Å²) in [4.78, 5) is 41.0. The molecule has 2 fully saturated rings. The summed E-state index contributed by atoms with van der Waals surface area (Å²) >= 11 is 8.00. The fraction of sp³-hybridized carbons (Fsp3) is 0.371. The van der Waals surface area contributed by atoms with Gasteiger partial charge in [0.05, 0.1) is 51.7 Å². The van der Waals surface area contributed by atoms with Gasteiger partial charge in [0, 0.05) is 34.6 Å². The number of rotatable bonds is 7. The zero-order valence-electron chi connectivity index (χ0n) is 26.6. The number of amides is 2. The predicted molar refractivity (Wildman–Crippen MR) is 181 cm³/mol. The van der Waals surface area contributed by atoms with Crippen LogP contribution in [-0.4, -0.2) is 56.1 Å². The second kappa shape index (κ2) is 11.9. The first-order valence-corrected chi connectivity index (χ1v) is 17.4. The third-order valence-electron chi connectivity index (χ3n) is 9.45. The second-order valence-electron chi connectivity index (χ2n) is 13.0. The normalized spacial score (nSPS) is 19.2. The number of benzene rings is 2. The minimum atomic E-state index is -0.738. The number of halogens is 2. The summed E-state index contributed by atoms with van der Waals surface area (Å²) < 4.78 is 29.7. The van der Waals surface area contributed by atoms with Crippen molar-refractivity contribution in [1.82, 2.24) is 29.7 Å². The van der Waals surface area contributed by atoms with E-state index in [1.54, 1.807) is 22.4 Å². The molecular formula is C35H34ClFN6O4S. The standard InChI is InChI=1S/C35H34ClFN6O4S/c1-17(2)30(41-35(45)46-3)33(44)42-10-4-5-25(42)31-38-15-23(40-31)19-12-22(37)29-26-13-20-11-21(36)8-9-24(20)43(26)34(47-27(29)14-19)28-16-39-32(48-28)18-6-7-18/h8-9,11-18,25,30,34H,4-7,10H2,1-3H3,(H,38,40)(H,41,45)/t25-,30-,34?/m0/s1. The van der Waals surface area contributed by atoms with Crippen LogP contribution in [0.2, 0.25) is 5.02 Å². The van der Waals surface area contributed by atoms with Gasteiger partial charge in [0.1, 0.15) is 23.4 Å². The highest BCUT2D eigenvalue weighted by Gasteiger charge is 2.38. The lowest BCUT2D eigenvalue weighted by Crippen LogP contribution is -2.51. The van der Waals surface area contributed by atoms with Gasteiger partial charge in [-0.2, -0.15) is 0 Å². The van der Waals surface area contributed by atoms with Crippen molar-refractivity contribution in [1.29, 1.82) is 0 Å². The number of thiazole rings is 1. The van der Waals surface area contributed by atoms with Crippen molar-refractivity contribution in [2.24, 2.45) is 5.92 Å². The number of nitrogens with zero attached hydrogens (tertiary/aromatic N) is 4. The highest BCUT2D eigenvalue weighted by atomic mass is 35.5. The fourth-order valence-corrected chi connectivity index (χ4v) is 8.16. The van der Waals surface area contributed by atoms with Crippen LogP contribution in [0.25, 0.3) is 33.4 Å². The van der Waals surface area contributed by atoms with Crippen LogP contribution < -0.4 is 10.1 Å².